The number of imidazole rings is 1. The molecule has 0 atom stereocenters. The summed E-state index contributed by atoms with van der Waals surface area (Å²) >= 11 is 0. The van der Waals surface area contributed by atoms with Crippen LogP contribution < -0.4 is 15.7 Å². The molecule has 4 heterocycles. The zero-order chi connectivity index (χ0) is 29.1. The number of amides is 1. The number of fused-ring (bicyclic) bond motifs is 1. The summed E-state index contributed by atoms with van der Waals surface area (Å²) in [6.45, 7) is 13.6. The van der Waals surface area contributed by atoms with Gasteiger partial charge in [0, 0.05) is 49.9 Å². The smallest absolute Gasteiger partial charge is 0.277 e. The van der Waals surface area contributed by atoms with Crippen molar-refractivity contribution >= 4 is 48.0 Å². The zero-order valence-electron chi connectivity index (χ0n) is 23.0. The summed E-state index contributed by atoms with van der Waals surface area (Å²) in [5, 5.41) is 11.7. The molecular weight excluding hydrogens is 512 g/mol. The quantitative estimate of drug-likeness (QED) is 0.158. The number of morpholine rings is 1. The van der Waals surface area contributed by atoms with E-state index < -0.39 is 5.91 Å². The molecule has 3 N–H and O–H groups in total. The average Bonchev–Trinajstić information content (AvgIpc) is 3.31. The number of ether oxygens (including phenoxy) is 1. The van der Waals surface area contributed by atoms with Crippen molar-refractivity contribution in [2.45, 2.75) is 6.54 Å². The molecule has 0 saturated carbocycles. The molecular formula is C27H34N10O3. The highest BCUT2D eigenvalue weighted by Gasteiger charge is 2.22. The fourth-order valence-corrected chi connectivity index (χ4v) is 3.85. The second kappa shape index (κ2) is 14.5. The number of nitrogens with one attached hydrogen (secondary N) is 2. The van der Waals surface area contributed by atoms with E-state index in [4.69, 9.17) is 24.9 Å². The van der Waals surface area contributed by atoms with Gasteiger partial charge in [-0.1, -0.05) is 19.2 Å². The number of aromatic nitrogens is 5. The van der Waals surface area contributed by atoms with E-state index >= 15 is 0 Å². The highest BCUT2D eigenvalue weighted by molar-refractivity contribution is 6.11. The predicted octanol–water partition coefficient (Wildman–Crippen LogP) is 2.04. The van der Waals surface area contributed by atoms with E-state index in [1.54, 1.807) is 23.8 Å². The second-order valence-corrected chi connectivity index (χ2v) is 8.51. The summed E-state index contributed by atoms with van der Waals surface area (Å²) in [6.07, 6.45) is 7.60. The van der Waals surface area contributed by atoms with Gasteiger partial charge in [0.2, 0.25) is 0 Å². The number of rotatable bonds is 9. The first kappa shape index (κ1) is 30.0. The van der Waals surface area contributed by atoms with Gasteiger partial charge in [0.15, 0.2) is 22.8 Å². The maximum atomic E-state index is 11.8. The lowest BCUT2D eigenvalue weighted by atomic mass is 10.1. The van der Waals surface area contributed by atoms with Gasteiger partial charge in [-0.15, -0.1) is 0 Å². The van der Waals surface area contributed by atoms with Crippen LogP contribution in [0.3, 0.4) is 0 Å². The summed E-state index contributed by atoms with van der Waals surface area (Å²) in [5.74, 6) is 1.05. The van der Waals surface area contributed by atoms with Crippen molar-refractivity contribution in [2.75, 3.05) is 45.3 Å². The monoisotopic (exact) mass is 546 g/mol. The van der Waals surface area contributed by atoms with Crippen LogP contribution in [0.25, 0.3) is 34.7 Å². The van der Waals surface area contributed by atoms with Crippen molar-refractivity contribution < 1.29 is 14.7 Å². The molecule has 0 radical (unpaired) electrons. The molecule has 3 aromatic heterocycles. The van der Waals surface area contributed by atoms with Crippen molar-refractivity contribution in [2.24, 2.45) is 17.0 Å². The van der Waals surface area contributed by atoms with Crippen LogP contribution in [-0.2, 0) is 23.1 Å². The zero-order valence-corrected chi connectivity index (χ0v) is 23.0. The van der Waals surface area contributed by atoms with Crippen LogP contribution in [0, 0.1) is 0 Å². The molecule has 40 heavy (non-hydrogen) atoms. The van der Waals surface area contributed by atoms with E-state index in [-0.39, 0.29) is 12.1 Å². The molecule has 4 rings (SSSR count). The summed E-state index contributed by atoms with van der Waals surface area (Å²) in [5.41, 5.74) is 5.15. The molecule has 1 aliphatic heterocycles. The normalized spacial score (nSPS) is 13.6. The lowest BCUT2D eigenvalue weighted by Crippen LogP contribution is -2.37. The van der Waals surface area contributed by atoms with Gasteiger partial charge in [0.05, 0.1) is 31.0 Å². The summed E-state index contributed by atoms with van der Waals surface area (Å²) in [4.78, 5) is 40.7. The van der Waals surface area contributed by atoms with E-state index in [2.05, 4.69) is 45.1 Å². The molecule has 0 aliphatic carbocycles. The van der Waals surface area contributed by atoms with Crippen LogP contribution in [0.2, 0.25) is 0 Å². The number of nitrogens with zero attached hydrogens (tertiary/aromatic N) is 8. The molecule has 1 fully saturated rings. The van der Waals surface area contributed by atoms with Crippen LogP contribution in [0.15, 0.2) is 47.2 Å². The van der Waals surface area contributed by atoms with E-state index in [9.17, 15) is 4.79 Å². The number of aryl methyl sites for hydroxylation is 1. The SMILES string of the molecule is C=Cc1cc(-c2nc(N3CCOCC3)c3nc(CN=C/C(=C\N=C)C(=O)NO)n(C)c3n2)cnc1C=C.CNC. The topological polar surface area (TPSA) is 155 Å². The van der Waals surface area contributed by atoms with Gasteiger partial charge in [-0.2, -0.15) is 0 Å². The van der Waals surface area contributed by atoms with Crippen LogP contribution in [0.1, 0.15) is 17.1 Å². The Morgan fingerprint density at radius 3 is 2.55 bits per heavy atom. The van der Waals surface area contributed by atoms with Crippen molar-refractivity contribution in [1.82, 2.24) is 35.3 Å². The number of hydrogen-bond donors (Lipinski definition) is 3. The predicted molar refractivity (Wildman–Crippen MR) is 157 cm³/mol. The first-order chi connectivity index (χ1) is 19.4. The van der Waals surface area contributed by atoms with Gasteiger partial charge in [-0.25, -0.2) is 20.4 Å². The highest BCUT2D eigenvalue weighted by atomic mass is 16.5. The summed E-state index contributed by atoms with van der Waals surface area (Å²) < 4.78 is 7.36. The minimum Gasteiger partial charge on any atom is -0.378 e. The van der Waals surface area contributed by atoms with Gasteiger partial charge in [-0.05, 0) is 33.0 Å². The molecule has 0 bridgehead atoms. The van der Waals surface area contributed by atoms with E-state index in [1.807, 2.05) is 31.8 Å². The number of aliphatic imine (C=N–C) groups is 2. The van der Waals surface area contributed by atoms with Crippen LogP contribution in [-0.4, -0.2) is 88.9 Å². The van der Waals surface area contributed by atoms with Gasteiger partial charge < -0.3 is 19.5 Å². The summed E-state index contributed by atoms with van der Waals surface area (Å²) in [6, 6.07) is 1.93. The van der Waals surface area contributed by atoms with Crippen molar-refractivity contribution in [3.63, 3.8) is 0 Å². The number of hydrogen-bond acceptors (Lipinski definition) is 11. The Morgan fingerprint density at radius 1 is 1.20 bits per heavy atom. The maximum Gasteiger partial charge on any atom is 0.277 e. The van der Waals surface area contributed by atoms with Crippen LogP contribution in [0.4, 0.5) is 5.82 Å². The van der Waals surface area contributed by atoms with Crippen molar-refractivity contribution in [1.29, 1.82) is 0 Å². The minimum atomic E-state index is -0.749. The van der Waals surface area contributed by atoms with E-state index in [1.165, 1.54) is 12.4 Å². The molecule has 0 unspecified atom stereocenters. The first-order valence-electron chi connectivity index (χ1n) is 12.4. The lowest BCUT2D eigenvalue weighted by molar-refractivity contribution is -0.124. The molecule has 1 saturated heterocycles. The largest absolute Gasteiger partial charge is 0.378 e. The number of hydroxylamine groups is 1. The average molecular weight is 547 g/mol. The number of pyridine rings is 1. The molecule has 3 aromatic rings. The van der Waals surface area contributed by atoms with Gasteiger partial charge >= 0.3 is 0 Å². The maximum absolute atomic E-state index is 11.8. The Kier molecular flexibility index (Phi) is 10.9. The third kappa shape index (κ3) is 6.88. The molecule has 1 aliphatic rings. The molecule has 13 heteroatoms. The van der Waals surface area contributed by atoms with Crippen LogP contribution in [0.5, 0.6) is 0 Å². The second-order valence-electron chi connectivity index (χ2n) is 8.51. The van der Waals surface area contributed by atoms with Crippen molar-refractivity contribution in [3.8, 4) is 11.4 Å². The molecule has 13 nitrogen and oxygen atoms in total. The van der Waals surface area contributed by atoms with Crippen molar-refractivity contribution in [3.05, 3.63) is 54.3 Å². The van der Waals surface area contributed by atoms with Crippen LogP contribution >= 0.6 is 0 Å². The van der Waals surface area contributed by atoms with E-state index in [0.717, 1.165) is 16.8 Å². The Bertz CT molecular complexity index is 1440. The third-order valence-electron chi connectivity index (χ3n) is 5.78. The number of carbonyl (C=O) groups is 1. The lowest BCUT2D eigenvalue weighted by Gasteiger charge is -2.28. The van der Waals surface area contributed by atoms with Gasteiger partial charge in [-0.3, -0.25) is 25.0 Å². The first-order valence-corrected chi connectivity index (χ1v) is 12.4. The number of carbonyl (C=O) groups excluding carboxylic acids is 1. The summed E-state index contributed by atoms with van der Waals surface area (Å²) in [7, 11) is 5.59. The molecule has 0 spiro atoms. The molecule has 1 amide bonds. The Labute approximate surface area is 232 Å². The Balaban J connectivity index is 0.00000141. The molecule has 210 valence electrons. The fourth-order valence-electron chi connectivity index (χ4n) is 3.85. The Hall–Kier alpha value is -4.59. The van der Waals surface area contributed by atoms with Gasteiger partial charge in [0.1, 0.15) is 5.82 Å². The molecule has 0 aromatic carbocycles. The highest BCUT2D eigenvalue weighted by Crippen LogP contribution is 2.29. The van der Waals surface area contributed by atoms with E-state index in [0.29, 0.717) is 54.9 Å². The number of anilines is 1. The minimum absolute atomic E-state index is 0.0424. The van der Waals surface area contributed by atoms with Gasteiger partial charge in [0.25, 0.3) is 5.91 Å². The Morgan fingerprint density at radius 2 is 1.93 bits per heavy atom. The standard InChI is InChI=1S/C25H27N9O3.C2H7N/c1-5-16-11-17(14-28-19(16)6-2)22-30-23-21(24(31-22)34-7-9-37-10-8-34)29-20(33(23)4)15-27-13-18(12-26-3)25(35)32-36;1-3-2/h5-6,11-14,36H,1-3,7-10,15H2,4H3,(H,32,35);3H,1-2H3/b18-12+,27-13?;. The third-order valence-corrected chi connectivity index (χ3v) is 5.78. The fraction of sp³-hybridized carbons (Fsp3) is 0.296.